The summed E-state index contributed by atoms with van der Waals surface area (Å²) < 4.78 is 53.0. The molecule has 0 bridgehead atoms. The lowest BCUT2D eigenvalue weighted by Gasteiger charge is -2.34. The van der Waals surface area contributed by atoms with Gasteiger partial charge in [-0.15, -0.1) is 10.2 Å². The maximum atomic E-state index is 13.9. The number of nitrogens with zero attached hydrogens (tertiary/aromatic N) is 4. The van der Waals surface area contributed by atoms with E-state index in [9.17, 15) is 22.7 Å². The highest BCUT2D eigenvalue weighted by molar-refractivity contribution is 5.72. The second-order valence-electron chi connectivity index (χ2n) is 8.39. The van der Waals surface area contributed by atoms with Gasteiger partial charge in [0.05, 0.1) is 11.3 Å². The number of alkyl halides is 4. The summed E-state index contributed by atoms with van der Waals surface area (Å²) in [5, 5.41) is 18.9. The second-order valence-corrected chi connectivity index (χ2v) is 8.39. The topological polar surface area (TPSA) is 52.5 Å². The highest BCUT2D eigenvalue weighted by Crippen LogP contribution is 2.39. The minimum atomic E-state index is -4.53. The fourth-order valence-electron chi connectivity index (χ4n) is 4.76. The highest BCUT2D eigenvalue weighted by atomic mass is 19.4. The van der Waals surface area contributed by atoms with Crippen molar-refractivity contribution in [2.24, 2.45) is 0 Å². The van der Waals surface area contributed by atoms with Gasteiger partial charge in [-0.05, 0) is 62.1 Å². The summed E-state index contributed by atoms with van der Waals surface area (Å²) >= 11 is 0. The Balaban J connectivity index is 1.62. The molecule has 0 spiro atoms. The molecule has 168 valence electrons. The Morgan fingerprint density at radius 3 is 2.65 bits per heavy atom. The molecular weight excluding hydrogens is 412 g/mol. The van der Waals surface area contributed by atoms with E-state index in [0.29, 0.717) is 25.2 Å². The molecule has 1 saturated heterocycles. The van der Waals surface area contributed by atoms with Gasteiger partial charge < -0.3 is 10.0 Å². The Kier molecular flexibility index (Phi) is 5.81. The lowest BCUT2D eigenvalue weighted by Crippen LogP contribution is -2.42. The zero-order chi connectivity index (χ0) is 22.3. The number of benzene rings is 1. The van der Waals surface area contributed by atoms with Crippen molar-refractivity contribution in [3.8, 4) is 17.0 Å². The number of hydrogen-bond acceptors (Lipinski definition) is 5. The van der Waals surface area contributed by atoms with Gasteiger partial charge in [-0.1, -0.05) is 6.92 Å². The van der Waals surface area contributed by atoms with Crippen LogP contribution >= 0.6 is 0 Å². The first kappa shape index (κ1) is 21.8. The Bertz CT molecular complexity index is 942. The fourth-order valence-corrected chi connectivity index (χ4v) is 4.76. The molecule has 1 N–H and O–H groups in total. The summed E-state index contributed by atoms with van der Waals surface area (Å²) in [5.41, 5.74) is 0.935. The number of anilines is 1. The summed E-state index contributed by atoms with van der Waals surface area (Å²) in [5.74, 6) is 0.269. The number of aryl methyl sites for hydroxylation is 2. The van der Waals surface area contributed by atoms with E-state index >= 15 is 0 Å². The van der Waals surface area contributed by atoms with Crippen LogP contribution in [0.5, 0.6) is 5.75 Å². The predicted octanol–water partition coefficient (Wildman–Crippen LogP) is 4.36. The summed E-state index contributed by atoms with van der Waals surface area (Å²) in [7, 11) is 0. The normalized spacial score (nSPS) is 22.1. The number of hydrogen-bond donors (Lipinski definition) is 1. The van der Waals surface area contributed by atoms with Crippen LogP contribution in [0, 0.1) is 6.92 Å². The maximum absolute atomic E-state index is 13.9. The minimum Gasteiger partial charge on any atom is -0.507 e. The van der Waals surface area contributed by atoms with E-state index in [2.05, 4.69) is 20.0 Å². The first-order valence-corrected chi connectivity index (χ1v) is 10.6. The first-order valence-electron chi connectivity index (χ1n) is 10.6. The van der Waals surface area contributed by atoms with Gasteiger partial charge in [-0.25, -0.2) is 4.39 Å². The molecule has 31 heavy (non-hydrogen) atoms. The number of halogens is 4. The van der Waals surface area contributed by atoms with Crippen LogP contribution < -0.4 is 4.90 Å². The van der Waals surface area contributed by atoms with Gasteiger partial charge in [0.1, 0.15) is 11.9 Å². The molecule has 0 amide bonds. The molecule has 2 aliphatic heterocycles. The Morgan fingerprint density at radius 1 is 1.19 bits per heavy atom. The van der Waals surface area contributed by atoms with E-state index in [1.54, 1.807) is 6.07 Å². The molecule has 1 aromatic carbocycles. The third kappa shape index (κ3) is 4.33. The van der Waals surface area contributed by atoms with Crippen LogP contribution in [0.3, 0.4) is 0 Å². The number of fused-ring (bicyclic) bond motifs is 1. The number of likely N-dealkylation sites (N-methyl/N-ethyl adjacent to an activating group) is 1. The molecule has 0 saturated carbocycles. The van der Waals surface area contributed by atoms with E-state index in [1.807, 2.05) is 6.92 Å². The summed E-state index contributed by atoms with van der Waals surface area (Å²) in [4.78, 5) is 4.27. The summed E-state index contributed by atoms with van der Waals surface area (Å²) in [6, 6.07) is 3.65. The largest absolute Gasteiger partial charge is 0.507 e. The number of phenolic OH excluding ortho intramolecular Hbond substituents is 1. The van der Waals surface area contributed by atoms with Crippen LogP contribution in [0.25, 0.3) is 11.3 Å². The molecule has 0 unspecified atom stereocenters. The average Bonchev–Trinajstić information content (AvgIpc) is 3.06. The van der Waals surface area contributed by atoms with Crippen LogP contribution in [0.1, 0.15) is 36.5 Å². The van der Waals surface area contributed by atoms with Gasteiger partial charge in [0, 0.05) is 31.2 Å². The minimum absolute atomic E-state index is 0.119. The SMILES string of the molecule is CCN1C[C@@H](F)C[C@H]1CN1CCCc2cc(-c3c(C)cc(C(F)(F)F)cc3O)nnc21. The van der Waals surface area contributed by atoms with Gasteiger partial charge in [-0.2, -0.15) is 13.2 Å². The molecule has 2 aromatic rings. The van der Waals surface area contributed by atoms with Crippen LogP contribution in [0.15, 0.2) is 18.2 Å². The molecule has 4 rings (SSSR count). The highest BCUT2D eigenvalue weighted by Gasteiger charge is 2.34. The van der Waals surface area contributed by atoms with Crippen LogP contribution in [0.2, 0.25) is 0 Å². The van der Waals surface area contributed by atoms with Crippen molar-refractivity contribution in [1.29, 1.82) is 0 Å². The van der Waals surface area contributed by atoms with Crippen molar-refractivity contribution in [2.75, 3.05) is 31.1 Å². The van der Waals surface area contributed by atoms with E-state index in [-0.39, 0.29) is 17.2 Å². The van der Waals surface area contributed by atoms with Gasteiger partial charge in [0.2, 0.25) is 0 Å². The molecular formula is C22H26F4N4O. The monoisotopic (exact) mass is 438 g/mol. The Morgan fingerprint density at radius 2 is 1.97 bits per heavy atom. The zero-order valence-electron chi connectivity index (χ0n) is 17.6. The third-order valence-electron chi connectivity index (χ3n) is 6.24. The van der Waals surface area contributed by atoms with Crippen LogP contribution in [0.4, 0.5) is 23.4 Å². The third-order valence-corrected chi connectivity index (χ3v) is 6.24. The average molecular weight is 438 g/mol. The van der Waals surface area contributed by atoms with E-state index < -0.39 is 23.7 Å². The standard InChI is InChI=1S/C22H26F4N4O/c1-3-29-11-16(23)10-17(29)12-30-6-4-5-14-8-18(27-28-21(14)30)20-13(2)7-15(9-19(20)31)22(24,25)26/h7-9,16-17,31H,3-6,10-12H2,1-2H3/t16-,17-/m0/s1. The molecule has 0 radical (unpaired) electrons. The lowest BCUT2D eigenvalue weighted by molar-refractivity contribution is -0.137. The van der Waals surface area contributed by atoms with Gasteiger partial charge >= 0.3 is 6.18 Å². The first-order chi connectivity index (χ1) is 14.7. The molecule has 5 nitrogen and oxygen atoms in total. The Hall–Kier alpha value is -2.42. The maximum Gasteiger partial charge on any atom is 0.416 e. The van der Waals surface area contributed by atoms with Crippen molar-refractivity contribution in [2.45, 2.75) is 51.5 Å². The van der Waals surface area contributed by atoms with E-state index in [0.717, 1.165) is 49.4 Å². The molecule has 1 aromatic heterocycles. The number of aromatic hydroxyl groups is 1. The number of likely N-dealkylation sites (tertiary alicyclic amines) is 1. The van der Waals surface area contributed by atoms with Crippen molar-refractivity contribution in [3.63, 3.8) is 0 Å². The molecule has 3 heterocycles. The molecule has 0 aliphatic carbocycles. The van der Waals surface area contributed by atoms with Crippen molar-refractivity contribution >= 4 is 5.82 Å². The smallest absolute Gasteiger partial charge is 0.416 e. The predicted molar refractivity (Wildman–Crippen MR) is 110 cm³/mol. The van der Waals surface area contributed by atoms with E-state index in [4.69, 9.17) is 0 Å². The van der Waals surface area contributed by atoms with Crippen LogP contribution in [-0.2, 0) is 12.6 Å². The molecule has 2 aliphatic rings. The number of rotatable bonds is 4. The second kappa shape index (κ2) is 8.26. The molecule has 1 fully saturated rings. The van der Waals surface area contributed by atoms with Gasteiger partial charge in [-0.3, -0.25) is 4.90 Å². The van der Waals surface area contributed by atoms with Crippen molar-refractivity contribution in [3.05, 3.63) is 34.9 Å². The van der Waals surface area contributed by atoms with Crippen LogP contribution in [-0.4, -0.2) is 58.6 Å². The lowest BCUT2D eigenvalue weighted by atomic mass is 9.98. The van der Waals surface area contributed by atoms with Gasteiger partial charge in [0.25, 0.3) is 0 Å². The van der Waals surface area contributed by atoms with Gasteiger partial charge in [0.15, 0.2) is 5.82 Å². The van der Waals surface area contributed by atoms with E-state index in [1.165, 1.54) is 6.92 Å². The van der Waals surface area contributed by atoms with Crippen molar-refractivity contribution < 1.29 is 22.7 Å². The zero-order valence-corrected chi connectivity index (χ0v) is 17.6. The van der Waals surface area contributed by atoms with Crippen molar-refractivity contribution in [1.82, 2.24) is 15.1 Å². The molecule has 9 heteroatoms. The summed E-state index contributed by atoms with van der Waals surface area (Å²) in [6.45, 7) is 6.27. The fraction of sp³-hybridized carbons (Fsp3) is 0.545. The quantitative estimate of drug-likeness (QED) is 0.719. The summed E-state index contributed by atoms with van der Waals surface area (Å²) in [6.07, 6.45) is -3.18. The Labute approximate surface area is 178 Å². The number of phenols is 1. The molecule has 2 atom stereocenters. The number of aromatic nitrogens is 2.